The number of carbonyl (C=O) groups excluding carboxylic acids is 1. The Balaban J connectivity index is 1.60. The quantitative estimate of drug-likeness (QED) is 0.378. The lowest BCUT2D eigenvalue weighted by Crippen LogP contribution is -2.03. The fraction of sp³-hybridized carbons (Fsp3) is 0.300. The number of thiophene rings is 1. The molecular formula is C20H21NO3S. The Morgan fingerprint density at radius 3 is 2.72 bits per heavy atom. The number of unbranched alkanes of at least 4 members (excludes halogenated alkanes) is 3. The van der Waals surface area contributed by atoms with Crippen LogP contribution in [0.25, 0.3) is 6.08 Å². The summed E-state index contributed by atoms with van der Waals surface area (Å²) in [5.41, 5.74) is 1.21. The summed E-state index contributed by atoms with van der Waals surface area (Å²) in [7, 11) is 0. The van der Waals surface area contributed by atoms with E-state index in [9.17, 15) is 4.79 Å². The molecule has 0 N–H and O–H groups in total. The van der Waals surface area contributed by atoms with Gasteiger partial charge in [-0.05, 0) is 41.6 Å². The van der Waals surface area contributed by atoms with Gasteiger partial charge < -0.3 is 9.47 Å². The molecule has 0 radical (unpaired) electrons. The minimum atomic E-state index is -0.417. The van der Waals surface area contributed by atoms with Crippen molar-refractivity contribution in [3.05, 3.63) is 57.9 Å². The second kappa shape index (κ2) is 8.62. The maximum absolute atomic E-state index is 12.0. The SMILES string of the molecule is CCCCCCOc1ccc(C=C2N=C(c3cccs3)OC2=O)cc1. The number of aliphatic imine (C=N–C) groups is 1. The molecule has 0 saturated carbocycles. The Labute approximate surface area is 151 Å². The molecule has 0 atom stereocenters. The molecule has 0 unspecified atom stereocenters. The number of nitrogens with zero attached hydrogens (tertiary/aromatic N) is 1. The van der Waals surface area contributed by atoms with Gasteiger partial charge in [0.2, 0.25) is 5.90 Å². The largest absolute Gasteiger partial charge is 0.494 e. The first-order valence-corrected chi connectivity index (χ1v) is 9.43. The molecule has 130 valence electrons. The van der Waals surface area contributed by atoms with Crippen LogP contribution in [0.5, 0.6) is 5.75 Å². The van der Waals surface area contributed by atoms with Crippen LogP contribution >= 0.6 is 11.3 Å². The standard InChI is InChI=1S/C20H21NO3S/c1-2-3-4-5-12-23-16-10-8-15(9-11-16)14-17-20(22)24-19(21-17)18-7-6-13-25-18/h6-11,13-14H,2-5,12H2,1H3. The predicted octanol–water partition coefficient (Wildman–Crippen LogP) is 5.05. The zero-order valence-corrected chi connectivity index (χ0v) is 15.1. The van der Waals surface area contributed by atoms with Crippen LogP contribution in [-0.2, 0) is 9.53 Å². The van der Waals surface area contributed by atoms with Crippen molar-refractivity contribution < 1.29 is 14.3 Å². The first kappa shape index (κ1) is 17.4. The zero-order valence-electron chi connectivity index (χ0n) is 14.2. The first-order chi connectivity index (χ1) is 12.3. The van der Waals surface area contributed by atoms with Crippen molar-refractivity contribution in [3.63, 3.8) is 0 Å². The highest BCUT2D eigenvalue weighted by atomic mass is 32.1. The minimum Gasteiger partial charge on any atom is -0.494 e. The molecule has 0 amide bonds. The highest BCUT2D eigenvalue weighted by molar-refractivity contribution is 7.12. The summed E-state index contributed by atoms with van der Waals surface area (Å²) in [4.78, 5) is 17.1. The lowest BCUT2D eigenvalue weighted by atomic mass is 10.2. The van der Waals surface area contributed by atoms with E-state index in [4.69, 9.17) is 9.47 Å². The highest BCUT2D eigenvalue weighted by Gasteiger charge is 2.24. The Kier molecular flexibility index (Phi) is 6.01. The fourth-order valence-corrected chi connectivity index (χ4v) is 3.10. The Hall–Kier alpha value is -2.40. The van der Waals surface area contributed by atoms with Crippen molar-refractivity contribution in [3.8, 4) is 5.75 Å². The van der Waals surface area contributed by atoms with Gasteiger partial charge >= 0.3 is 5.97 Å². The summed E-state index contributed by atoms with van der Waals surface area (Å²) in [5, 5.41) is 1.92. The van der Waals surface area contributed by atoms with Crippen LogP contribution in [-0.4, -0.2) is 18.5 Å². The summed E-state index contributed by atoms with van der Waals surface area (Å²) < 4.78 is 11.0. The summed E-state index contributed by atoms with van der Waals surface area (Å²) in [6.07, 6.45) is 6.48. The zero-order chi connectivity index (χ0) is 17.5. The van der Waals surface area contributed by atoms with Crippen molar-refractivity contribution in [2.24, 2.45) is 4.99 Å². The number of ether oxygens (including phenoxy) is 2. The van der Waals surface area contributed by atoms with Crippen LogP contribution in [0.2, 0.25) is 0 Å². The number of benzene rings is 1. The van der Waals surface area contributed by atoms with Crippen LogP contribution in [0.1, 0.15) is 43.0 Å². The Bertz CT molecular complexity index is 761. The molecule has 3 rings (SSSR count). The molecule has 0 spiro atoms. The third-order valence-electron chi connectivity index (χ3n) is 3.80. The number of carbonyl (C=O) groups is 1. The van der Waals surface area contributed by atoms with E-state index >= 15 is 0 Å². The number of esters is 1. The number of cyclic esters (lactones) is 1. The predicted molar refractivity (Wildman–Crippen MR) is 101 cm³/mol. The minimum absolute atomic E-state index is 0.316. The van der Waals surface area contributed by atoms with Gasteiger partial charge in [0.15, 0.2) is 5.70 Å². The monoisotopic (exact) mass is 355 g/mol. The van der Waals surface area contributed by atoms with Gasteiger partial charge in [-0.3, -0.25) is 0 Å². The van der Waals surface area contributed by atoms with E-state index in [0.717, 1.165) is 29.2 Å². The topological polar surface area (TPSA) is 47.9 Å². The van der Waals surface area contributed by atoms with E-state index in [1.54, 1.807) is 6.08 Å². The molecule has 0 aliphatic carbocycles. The molecule has 25 heavy (non-hydrogen) atoms. The lowest BCUT2D eigenvalue weighted by Gasteiger charge is -2.06. The van der Waals surface area contributed by atoms with Crippen LogP contribution in [0.3, 0.4) is 0 Å². The van der Waals surface area contributed by atoms with Crippen LogP contribution < -0.4 is 4.74 Å². The van der Waals surface area contributed by atoms with Gasteiger partial charge in [-0.1, -0.05) is 44.4 Å². The van der Waals surface area contributed by atoms with Gasteiger partial charge in [-0.15, -0.1) is 11.3 Å². The maximum Gasteiger partial charge on any atom is 0.363 e. The van der Waals surface area contributed by atoms with Crippen molar-refractivity contribution in [1.82, 2.24) is 0 Å². The Morgan fingerprint density at radius 2 is 2.00 bits per heavy atom. The van der Waals surface area contributed by atoms with Crippen molar-refractivity contribution in [2.75, 3.05) is 6.61 Å². The molecule has 4 nitrogen and oxygen atoms in total. The average Bonchev–Trinajstić information content (AvgIpc) is 3.27. The van der Waals surface area contributed by atoms with E-state index in [2.05, 4.69) is 11.9 Å². The fourth-order valence-electron chi connectivity index (χ4n) is 2.45. The van der Waals surface area contributed by atoms with Crippen molar-refractivity contribution >= 4 is 29.3 Å². The molecule has 0 bridgehead atoms. The van der Waals surface area contributed by atoms with Gasteiger partial charge in [0, 0.05) is 0 Å². The molecule has 2 aromatic rings. The van der Waals surface area contributed by atoms with Gasteiger partial charge in [0.05, 0.1) is 11.5 Å². The van der Waals surface area contributed by atoms with Gasteiger partial charge in [-0.25, -0.2) is 9.79 Å². The van der Waals surface area contributed by atoms with E-state index in [1.807, 2.05) is 41.8 Å². The van der Waals surface area contributed by atoms with Gasteiger partial charge in [-0.2, -0.15) is 0 Å². The Morgan fingerprint density at radius 1 is 1.16 bits per heavy atom. The second-order valence-electron chi connectivity index (χ2n) is 5.79. The molecule has 5 heteroatoms. The smallest absolute Gasteiger partial charge is 0.363 e. The maximum atomic E-state index is 12.0. The third-order valence-corrected chi connectivity index (χ3v) is 4.66. The van der Waals surface area contributed by atoms with Crippen LogP contribution in [0.4, 0.5) is 0 Å². The second-order valence-corrected chi connectivity index (χ2v) is 6.74. The lowest BCUT2D eigenvalue weighted by molar-refractivity contribution is -0.129. The molecule has 0 saturated heterocycles. The summed E-state index contributed by atoms with van der Waals surface area (Å²) in [5.74, 6) is 0.799. The third kappa shape index (κ3) is 4.79. The average molecular weight is 355 g/mol. The first-order valence-electron chi connectivity index (χ1n) is 8.55. The summed E-state index contributed by atoms with van der Waals surface area (Å²) in [6, 6.07) is 11.4. The molecular weight excluding hydrogens is 334 g/mol. The van der Waals surface area contributed by atoms with E-state index < -0.39 is 5.97 Å². The normalized spacial score (nSPS) is 15.3. The summed E-state index contributed by atoms with van der Waals surface area (Å²) in [6.45, 7) is 2.93. The molecule has 1 aromatic carbocycles. The van der Waals surface area contributed by atoms with Gasteiger partial charge in [0.25, 0.3) is 0 Å². The number of hydrogen-bond acceptors (Lipinski definition) is 5. The van der Waals surface area contributed by atoms with E-state index in [0.29, 0.717) is 11.6 Å². The molecule has 0 fully saturated rings. The number of rotatable bonds is 8. The molecule has 1 aliphatic rings. The van der Waals surface area contributed by atoms with E-state index in [1.165, 1.54) is 30.6 Å². The van der Waals surface area contributed by atoms with Crippen molar-refractivity contribution in [2.45, 2.75) is 32.6 Å². The van der Waals surface area contributed by atoms with Crippen LogP contribution in [0.15, 0.2) is 52.5 Å². The molecule has 1 aliphatic heterocycles. The summed E-state index contributed by atoms with van der Waals surface area (Å²) >= 11 is 1.49. The van der Waals surface area contributed by atoms with Crippen LogP contribution in [0, 0.1) is 0 Å². The van der Waals surface area contributed by atoms with E-state index in [-0.39, 0.29) is 0 Å². The highest BCUT2D eigenvalue weighted by Crippen LogP contribution is 2.22. The molecule has 2 heterocycles. The number of hydrogen-bond donors (Lipinski definition) is 0. The van der Waals surface area contributed by atoms with Gasteiger partial charge in [0.1, 0.15) is 5.75 Å². The molecule has 1 aromatic heterocycles. The van der Waals surface area contributed by atoms with Crippen molar-refractivity contribution in [1.29, 1.82) is 0 Å².